The van der Waals surface area contributed by atoms with E-state index < -0.39 is 5.54 Å². The number of anilines is 1. The third-order valence-electron chi connectivity index (χ3n) is 3.68. The fourth-order valence-electron chi connectivity index (χ4n) is 2.30. The molecule has 2 aromatic rings. The highest BCUT2D eigenvalue weighted by molar-refractivity contribution is 9.10. The molecular formula is C15H16BrN3O2S. The molecule has 22 heavy (non-hydrogen) atoms. The van der Waals surface area contributed by atoms with E-state index in [-0.39, 0.29) is 5.91 Å². The number of hydrogen-bond donors (Lipinski definition) is 2. The molecule has 0 aliphatic carbocycles. The van der Waals surface area contributed by atoms with E-state index in [4.69, 9.17) is 10.5 Å². The van der Waals surface area contributed by atoms with Crippen LogP contribution in [0.4, 0.5) is 5.13 Å². The molecular weight excluding hydrogens is 366 g/mol. The smallest absolute Gasteiger partial charge is 0.246 e. The molecule has 0 saturated carbocycles. The van der Waals surface area contributed by atoms with E-state index in [1.807, 2.05) is 29.6 Å². The zero-order valence-electron chi connectivity index (χ0n) is 11.8. The average molecular weight is 382 g/mol. The van der Waals surface area contributed by atoms with Gasteiger partial charge >= 0.3 is 0 Å². The number of rotatable bonds is 3. The summed E-state index contributed by atoms with van der Waals surface area (Å²) in [5.41, 5.74) is 7.14. The summed E-state index contributed by atoms with van der Waals surface area (Å²) in [6.45, 7) is 1.04. The van der Waals surface area contributed by atoms with Crippen molar-refractivity contribution >= 4 is 38.3 Å². The van der Waals surface area contributed by atoms with Crippen molar-refractivity contribution in [1.82, 2.24) is 4.98 Å². The number of nitrogens with one attached hydrogen (secondary N) is 1. The maximum absolute atomic E-state index is 12.4. The number of thiazole rings is 1. The standard InChI is InChI=1S/C15H16BrN3O2S/c16-11-3-1-2-10(8-11)12-9-22-14(18-12)19-13(20)15(17)4-6-21-7-5-15/h1-3,8-9H,4-7,17H2,(H,18,19,20). The van der Waals surface area contributed by atoms with Crippen molar-refractivity contribution in [1.29, 1.82) is 0 Å². The van der Waals surface area contributed by atoms with E-state index in [1.165, 1.54) is 11.3 Å². The van der Waals surface area contributed by atoms with Crippen LogP contribution in [0, 0.1) is 0 Å². The maximum Gasteiger partial charge on any atom is 0.246 e. The number of carbonyl (C=O) groups excluding carboxylic acids is 1. The molecule has 3 N–H and O–H groups in total. The molecule has 3 rings (SSSR count). The molecule has 1 aromatic carbocycles. The minimum Gasteiger partial charge on any atom is -0.381 e. The van der Waals surface area contributed by atoms with Crippen LogP contribution in [0.1, 0.15) is 12.8 Å². The lowest BCUT2D eigenvalue weighted by Gasteiger charge is -2.31. The van der Waals surface area contributed by atoms with Crippen molar-refractivity contribution in [2.45, 2.75) is 18.4 Å². The first kappa shape index (κ1) is 15.6. The summed E-state index contributed by atoms with van der Waals surface area (Å²) in [6, 6.07) is 7.88. The maximum atomic E-state index is 12.4. The summed E-state index contributed by atoms with van der Waals surface area (Å²) >= 11 is 4.84. The highest BCUT2D eigenvalue weighted by Gasteiger charge is 2.36. The molecule has 5 nitrogen and oxygen atoms in total. The van der Waals surface area contributed by atoms with Crippen LogP contribution in [0.5, 0.6) is 0 Å². The van der Waals surface area contributed by atoms with Crippen molar-refractivity contribution in [3.8, 4) is 11.3 Å². The number of ether oxygens (including phenoxy) is 1. The summed E-state index contributed by atoms with van der Waals surface area (Å²) < 4.78 is 6.25. The van der Waals surface area contributed by atoms with Crippen molar-refractivity contribution < 1.29 is 9.53 Å². The largest absolute Gasteiger partial charge is 0.381 e. The van der Waals surface area contributed by atoms with Gasteiger partial charge in [0, 0.05) is 28.6 Å². The van der Waals surface area contributed by atoms with E-state index in [0.717, 1.165) is 15.7 Å². The van der Waals surface area contributed by atoms with Crippen molar-refractivity contribution in [3.63, 3.8) is 0 Å². The quantitative estimate of drug-likeness (QED) is 0.856. The Bertz CT molecular complexity index is 683. The zero-order valence-corrected chi connectivity index (χ0v) is 14.2. The van der Waals surface area contributed by atoms with Crippen molar-refractivity contribution in [2.24, 2.45) is 5.73 Å². The fraction of sp³-hybridized carbons (Fsp3) is 0.333. The van der Waals surface area contributed by atoms with Gasteiger partial charge in [-0.3, -0.25) is 4.79 Å². The van der Waals surface area contributed by atoms with Crippen LogP contribution < -0.4 is 11.1 Å². The highest BCUT2D eigenvalue weighted by Crippen LogP contribution is 2.28. The lowest BCUT2D eigenvalue weighted by molar-refractivity contribution is -0.124. The Hall–Kier alpha value is -1.28. The minimum atomic E-state index is -0.861. The number of amides is 1. The van der Waals surface area contributed by atoms with Gasteiger partial charge in [0.1, 0.15) is 5.54 Å². The van der Waals surface area contributed by atoms with Crippen molar-refractivity contribution in [2.75, 3.05) is 18.5 Å². The first-order valence-electron chi connectivity index (χ1n) is 6.96. The molecule has 1 amide bonds. The molecule has 0 spiro atoms. The zero-order chi connectivity index (χ0) is 15.6. The Labute approximate surface area is 141 Å². The van der Waals surface area contributed by atoms with Gasteiger partial charge in [-0.15, -0.1) is 11.3 Å². The molecule has 0 atom stereocenters. The number of hydrogen-bond acceptors (Lipinski definition) is 5. The first-order valence-corrected chi connectivity index (χ1v) is 8.64. The fourth-order valence-corrected chi connectivity index (χ4v) is 3.41. The van der Waals surface area contributed by atoms with Crippen LogP contribution >= 0.6 is 27.3 Å². The lowest BCUT2D eigenvalue weighted by atomic mass is 9.90. The SMILES string of the molecule is NC1(C(=O)Nc2nc(-c3cccc(Br)c3)cs2)CCOCC1. The second-order valence-electron chi connectivity index (χ2n) is 5.27. The topological polar surface area (TPSA) is 77.2 Å². The van der Waals surface area contributed by atoms with Crippen LogP contribution in [0.25, 0.3) is 11.3 Å². The van der Waals surface area contributed by atoms with Crippen LogP contribution in [0.15, 0.2) is 34.1 Å². The molecule has 1 aliphatic heterocycles. The molecule has 1 aliphatic rings. The Morgan fingerprint density at radius 2 is 2.18 bits per heavy atom. The lowest BCUT2D eigenvalue weighted by Crippen LogP contribution is -2.54. The van der Waals surface area contributed by atoms with E-state index >= 15 is 0 Å². The van der Waals surface area contributed by atoms with Crippen LogP contribution in [0.2, 0.25) is 0 Å². The van der Waals surface area contributed by atoms with E-state index in [2.05, 4.69) is 26.2 Å². The van der Waals surface area contributed by atoms with Crippen LogP contribution in [-0.2, 0) is 9.53 Å². The van der Waals surface area contributed by atoms with Gasteiger partial charge in [-0.1, -0.05) is 28.1 Å². The van der Waals surface area contributed by atoms with E-state index in [0.29, 0.717) is 31.2 Å². The number of carbonyl (C=O) groups is 1. The van der Waals surface area contributed by atoms with E-state index in [9.17, 15) is 4.79 Å². The predicted molar refractivity (Wildman–Crippen MR) is 90.9 cm³/mol. The molecule has 0 bridgehead atoms. The summed E-state index contributed by atoms with van der Waals surface area (Å²) in [7, 11) is 0. The monoisotopic (exact) mass is 381 g/mol. The van der Waals surface area contributed by atoms with E-state index in [1.54, 1.807) is 0 Å². The van der Waals surface area contributed by atoms with Crippen molar-refractivity contribution in [3.05, 3.63) is 34.1 Å². The molecule has 7 heteroatoms. The summed E-state index contributed by atoms with van der Waals surface area (Å²) in [4.78, 5) is 16.8. The first-order chi connectivity index (χ1) is 10.6. The highest BCUT2D eigenvalue weighted by atomic mass is 79.9. The summed E-state index contributed by atoms with van der Waals surface area (Å²) in [5.74, 6) is -0.189. The van der Waals surface area contributed by atoms with Gasteiger partial charge in [0.15, 0.2) is 5.13 Å². The second kappa shape index (κ2) is 6.45. The van der Waals surface area contributed by atoms with Gasteiger partial charge in [0.2, 0.25) is 5.91 Å². The second-order valence-corrected chi connectivity index (χ2v) is 7.04. The number of halogens is 1. The molecule has 1 saturated heterocycles. The summed E-state index contributed by atoms with van der Waals surface area (Å²) in [6.07, 6.45) is 1.06. The minimum absolute atomic E-state index is 0.189. The molecule has 116 valence electrons. The van der Waals surface area contributed by atoms with Gasteiger partial charge in [-0.2, -0.15) is 0 Å². The Morgan fingerprint density at radius 3 is 2.91 bits per heavy atom. The number of aromatic nitrogens is 1. The van der Waals surface area contributed by atoms with Gasteiger partial charge in [-0.05, 0) is 25.0 Å². The molecule has 1 fully saturated rings. The third kappa shape index (κ3) is 3.38. The third-order valence-corrected chi connectivity index (χ3v) is 4.93. The number of nitrogens with two attached hydrogens (primary N) is 1. The Balaban J connectivity index is 1.73. The van der Waals surface area contributed by atoms with Gasteiger partial charge in [0.25, 0.3) is 0 Å². The summed E-state index contributed by atoms with van der Waals surface area (Å²) in [5, 5.41) is 5.32. The predicted octanol–water partition coefficient (Wildman–Crippen LogP) is 3.02. The molecule has 1 aromatic heterocycles. The normalized spacial score (nSPS) is 17.2. The Kier molecular flexibility index (Phi) is 4.58. The van der Waals surface area contributed by atoms with Gasteiger partial charge < -0.3 is 15.8 Å². The van der Waals surface area contributed by atoms with Gasteiger partial charge in [0.05, 0.1) is 5.69 Å². The van der Waals surface area contributed by atoms with Crippen LogP contribution in [0.3, 0.4) is 0 Å². The molecule has 0 unspecified atom stereocenters. The number of nitrogens with zero attached hydrogens (tertiary/aromatic N) is 1. The van der Waals surface area contributed by atoms with Crippen LogP contribution in [-0.4, -0.2) is 29.6 Å². The van der Waals surface area contributed by atoms with Gasteiger partial charge in [-0.25, -0.2) is 4.98 Å². The molecule has 0 radical (unpaired) electrons. The number of benzene rings is 1. The Morgan fingerprint density at radius 1 is 1.41 bits per heavy atom. The average Bonchev–Trinajstić information content (AvgIpc) is 2.96. The molecule has 2 heterocycles.